The fraction of sp³-hybridized carbons (Fsp3) is 0.296. The summed E-state index contributed by atoms with van der Waals surface area (Å²) in [7, 11) is -3.28. The van der Waals surface area contributed by atoms with Crippen LogP contribution in [0.2, 0.25) is 5.02 Å². The molecule has 1 aliphatic heterocycles. The molecule has 1 saturated heterocycles. The number of para-hydroxylation sites is 1. The van der Waals surface area contributed by atoms with Crippen molar-refractivity contribution in [2.75, 3.05) is 45.6 Å². The highest BCUT2D eigenvalue weighted by Crippen LogP contribution is 2.37. The number of aromatic nitrogens is 2. The zero-order valence-corrected chi connectivity index (χ0v) is 23.0. The van der Waals surface area contributed by atoms with Crippen LogP contribution in [0.4, 0.5) is 0 Å². The van der Waals surface area contributed by atoms with Gasteiger partial charge >= 0.3 is 0 Å². The summed E-state index contributed by atoms with van der Waals surface area (Å²) in [4.78, 5) is 4.71. The highest BCUT2D eigenvalue weighted by atomic mass is 35.5. The van der Waals surface area contributed by atoms with E-state index >= 15 is 0 Å². The van der Waals surface area contributed by atoms with Gasteiger partial charge in [-0.05, 0) is 48.0 Å². The summed E-state index contributed by atoms with van der Waals surface area (Å²) in [6.07, 6.45) is 1.23. The predicted octanol–water partition coefficient (Wildman–Crippen LogP) is 4.75. The normalized spacial score (nSPS) is 14.8. The first kappa shape index (κ1) is 26.1. The molecule has 0 bridgehead atoms. The zero-order valence-electron chi connectivity index (χ0n) is 20.6. The number of ether oxygens (including phenoxy) is 1. The number of morpholine rings is 1. The van der Waals surface area contributed by atoms with Gasteiger partial charge in [-0.3, -0.25) is 4.90 Å². The molecule has 0 atom stereocenters. The minimum atomic E-state index is -3.28. The first-order chi connectivity index (χ1) is 17.9. The summed E-state index contributed by atoms with van der Waals surface area (Å²) in [5, 5.41) is 9.03. The van der Waals surface area contributed by atoms with Crippen LogP contribution in [0.5, 0.6) is 0 Å². The van der Waals surface area contributed by atoms with Crippen LogP contribution in [0.25, 0.3) is 26.7 Å². The summed E-state index contributed by atoms with van der Waals surface area (Å²) in [6, 6.07) is 20.9. The molecule has 7 nitrogen and oxygen atoms in total. The molecule has 0 unspecified atom stereocenters. The fourth-order valence-corrected chi connectivity index (χ4v) is 6.17. The van der Waals surface area contributed by atoms with E-state index in [9.17, 15) is 8.42 Å². The minimum absolute atomic E-state index is 0.312. The maximum Gasteiger partial charge on any atom is 0.175 e. The van der Waals surface area contributed by atoms with Crippen LogP contribution < -0.4 is 5.32 Å². The Balaban J connectivity index is 1.40. The van der Waals surface area contributed by atoms with Crippen LogP contribution >= 0.6 is 22.9 Å². The molecule has 194 valence electrons. The van der Waals surface area contributed by atoms with E-state index in [1.165, 1.54) is 6.26 Å². The molecule has 2 aromatic carbocycles. The Bertz CT molecular complexity index is 1480. The van der Waals surface area contributed by atoms with Crippen LogP contribution in [0.1, 0.15) is 5.69 Å². The second kappa shape index (κ2) is 11.5. The van der Waals surface area contributed by atoms with Gasteiger partial charge in [-0.25, -0.2) is 13.1 Å². The van der Waals surface area contributed by atoms with Crippen molar-refractivity contribution in [3.05, 3.63) is 77.4 Å². The molecule has 1 N–H and O–H groups in total. The summed E-state index contributed by atoms with van der Waals surface area (Å²) in [5.41, 5.74) is 3.54. The van der Waals surface area contributed by atoms with Gasteiger partial charge in [0.05, 0.1) is 45.1 Å². The average Bonchev–Trinajstić information content (AvgIpc) is 3.55. The van der Waals surface area contributed by atoms with Gasteiger partial charge in [-0.2, -0.15) is 5.10 Å². The molecule has 2 aromatic heterocycles. The predicted molar refractivity (Wildman–Crippen MR) is 149 cm³/mol. The van der Waals surface area contributed by atoms with Crippen molar-refractivity contribution in [1.82, 2.24) is 20.0 Å². The van der Waals surface area contributed by atoms with Crippen molar-refractivity contribution in [3.63, 3.8) is 0 Å². The van der Waals surface area contributed by atoms with Crippen LogP contribution in [-0.4, -0.2) is 68.7 Å². The standard InChI is InChI=1S/C27H29ClN4O3S2/c1-37(33,34)22-6-4-5-20(17-22)26-9-10-27(36-26)25-18-21(19-29-11-12-31-13-15-35-16-14-31)30-32(25)24-8-3-2-7-23(24)28/h2-10,17-18,29H,11-16,19H2,1H3. The molecule has 4 aromatic rings. The molecule has 37 heavy (non-hydrogen) atoms. The van der Waals surface area contributed by atoms with Crippen molar-refractivity contribution >= 4 is 32.8 Å². The third-order valence-electron chi connectivity index (χ3n) is 6.26. The number of hydrogen-bond acceptors (Lipinski definition) is 7. The molecule has 0 spiro atoms. The quantitative estimate of drug-likeness (QED) is 0.300. The Morgan fingerprint density at radius 2 is 1.81 bits per heavy atom. The second-order valence-corrected chi connectivity index (χ2v) is 12.5. The smallest absolute Gasteiger partial charge is 0.175 e. The van der Waals surface area contributed by atoms with Gasteiger partial charge < -0.3 is 10.1 Å². The number of benzene rings is 2. The van der Waals surface area contributed by atoms with Gasteiger partial charge in [-0.15, -0.1) is 11.3 Å². The summed E-state index contributed by atoms with van der Waals surface area (Å²) < 4.78 is 31.4. The average molecular weight is 557 g/mol. The Morgan fingerprint density at radius 1 is 1.03 bits per heavy atom. The third-order valence-corrected chi connectivity index (χ3v) is 8.85. The van der Waals surface area contributed by atoms with Crippen molar-refractivity contribution < 1.29 is 13.2 Å². The van der Waals surface area contributed by atoms with E-state index < -0.39 is 9.84 Å². The Morgan fingerprint density at radius 3 is 2.59 bits per heavy atom. The van der Waals surface area contributed by atoms with Gasteiger partial charge in [0.2, 0.25) is 0 Å². The lowest BCUT2D eigenvalue weighted by atomic mass is 10.2. The van der Waals surface area contributed by atoms with Crippen molar-refractivity contribution in [2.45, 2.75) is 11.4 Å². The molecule has 0 radical (unpaired) electrons. The van der Waals surface area contributed by atoms with Crippen LogP contribution in [0, 0.1) is 0 Å². The van der Waals surface area contributed by atoms with Crippen molar-refractivity contribution in [2.24, 2.45) is 0 Å². The van der Waals surface area contributed by atoms with E-state index in [1.807, 2.05) is 47.1 Å². The molecule has 10 heteroatoms. The number of nitrogens with one attached hydrogen (secondary N) is 1. The fourth-order valence-electron chi connectivity index (χ4n) is 4.29. The summed E-state index contributed by atoms with van der Waals surface area (Å²) in [5.74, 6) is 0. The first-order valence-electron chi connectivity index (χ1n) is 12.1. The molecule has 0 saturated carbocycles. The largest absolute Gasteiger partial charge is 0.379 e. The Hall–Kier alpha value is -2.53. The van der Waals surface area contributed by atoms with Gasteiger partial charge in [0, 0.05) is 43.9 Å². The number of sulfone groups is 1. The SMILES string of the molecule is CS(=O)(=O)c1cccc(-c2ccc(-c3cc(CNCCN4CCOCC4)nn3-c3ccccc3Cl)s2)c1. The molecular weight excluding hydrogens is 528 g/mol. The maximum absolute atomic E-state index is 12.0. The molecule has 0 aliphatic carbocycles. The van der Waals surface area contributed by atoms with Crippen LogP contribution in [0.15, 0.2) is 71.6 Å². The lowest BCUT2D eigenvalue weighted by Gasteiger charge is -2.26. The maximum atomic E-state index is 12.0. The number of hydrogen-bond donors (Lipinski definition) is 1. The number of rotatable bonds is 9. The minimum Gasteiger partial charge on any atom is -0.379 e. The number of halogens is 1. The van der Waals surface area contributed by atoms with E-state index in [-0.39, 0.29) is 0 Å². The molecule has 1 fully saturated rings. The van der Waals surface area contributed by atoms with Crippen molar-refractivity contribution in [1.29, 1.82) is 0 Å². The van der Waals surface area contributed by atoms with E-state index in [4.69, 9.17) is 21.4 Å². The first-order valence-corrected chi connectivity index (χ1v) is 15.2. The van der Waals surface area contributed by atoms with E-state index in [1.54, 1.807) is 29.5 Å². The Kier molecular flexibility index (Phi) is 8.09. The Labute approximate surface area is 226 Å². The monoisotopic (exact) mass is 556 g/mol. The van der Waals surface area contributed by atoms with Gasteiger partial charge in [0.1, 0.15) is 0 Å². The number of nitrogens with zero attached hydrogens (tertiary/aromatic N) is 3. The molecule has 3 heterocycles. The molecule has 0 amide bonds. The zero-order chi connectivity index (χ0) is 25.8. The molecule has 5 rings (SSSR count). The summed E-state index contributed by atoms with van der Waals surface area (Å²) >= 11 is 8.15. The second-order valence-electron chi connectivity index (χ2n) is 8.98. The van der Waals surface area contributed by atoms with E-state index in [2.05, 4.69) is 16.3 Å². The van der Waals surface area contributed by atoms with Gasteiger partial charge in [0.15, 0.2) is 9.84 Å². The number of thiophene rings is 1. The van der Waals surface area contributed by atoms with Crippen LogP contribution in [0.3, 0.4) is 0 Å². The lowest BCUT2D eigenvalue weighted by molar-refractivity contribution is 0.0384. The highest BCUT2D eigenvalue weighted by molar-refractivity contribution is 7.90. The molecular formula is C27H29ClN4O3S2. The third kappa shape index (κ3) is 6.31. The highest BCUT2D eigenvalue weighted by Gasteiger charge is 2.17. The van der Waals surface area contributed by atoms with Gasteiger partial charge in [-0.1, -0.05) is 35.9 Å². The van der Waals surface area contributed by atoms with Crippen molar-refractivity contribution in [3.8, 4) is 26.7 Å². The van der Waals surface area contributed by atoms with E-state index in [0.717, 1.165) is 71.8 Å². The molecule has 1 aliphatic rings. The lowest BCUT2D eigenvalue weighted by Crippen LogP contribution is -2.40. The van der Waals surface area contributed by atoms with Gasteiger partial charge in [0.25, 0.3) is 0 Å². The summed E-state index contributed by atoms with van der Waals surface area (Å²) in [6.45, 7) is 6.03. The topological polar surface area (TPSA) is 76.5 Å². The van der Waals surface area contributed by atoms with Crippen LogP contribution in [-0.2, 0) is 21.1 Å². The van der Waals surface area contributed by atoms with E-state index in [0.29, 0.717) is 16.5 Å².